The predicted molar refractivity (Wildman–Crippen MR) is 60.9 cm³/mol. The van der Waals surface area contributed by atoms with Crippen molar-refractivity contribution in [3.63, 3.8) is 0 Å². The lowest BCUT2D eigenvalue weighted by atomic mass is 10.4. The van der Waals surface area contributed by atoms with Gasteiger partial charge in [0, 0.05) is 27.1 Å². The number of hydrogen-bond acceptors (Lipinski definition) is 5. The molecule has 0 aliphatic rings. The van der Waals surface area contributed by atoms with Gasteiger partial charge in [-0.05, 0) is 0 Å². The van der Waals surface area contributed by atoms with Crippen molar-refractivity contribution in [2.75, 3.05) is 26.0 Å². The fraction of sp³-hybridized carbons (Fsp3) is 0.444. The second-order valence-electron chi connectivity index (χ2n) is 3.30. The van der Waals surface area contributed by atoms with E-state index in [0.29, 0.717) is 18.1 Å². The third-order valence-corrected chi connectivity index (χ3v) is 2.77. The van der Waals surface area contributed by atoms with Crippen LogP contribution in [0.5, 0.6) is 0 Å². The number of carboxylic acid groups (broad SMARTS) is 1. The van der Waals surface area contributed by atoms with Gasteiger partial charge in [-0.2, -0.15) is 0 Å². The molecule has 1 aromatic heterocycles. The largest absolute Gasteiger partial charge is 0.477 e. The van der Waals surface area contributed by atoms with E-state index < -0.39 is 5.97 Å². The van der Waals surface area contributed by atoms with Crippen LogP contribution in [0.3, 0.4) is 0 Å². The van der Waals surface area contributed by atoms with Crippen LogP contribution in [0.25, 0.3) is 0 Å². The molecule has 0 unspecified atom stereocenters. The van der Waals surface area contributed by atoms with Crippen molar-refractivity contribution in [3.8, 4) is 0 Å². The molecule has 1 heterocycles. The van der Waals surface area contributed by atoms with Crippen molar-refractivity contribution < 1.29 is 14.7 Å². The maximum Gasteiger partial charge on any atom is 0.347 e. The minimum absolute atomic E-state index is 0.0162. The van der Waals surface area contributed by atoms with Gasteiger partial charge in [-0.25, -0.2) is 9.78 Å². The van der Waals surface area contributed by atoms with Crippen LogP contribution in [0.15, 0.2) is 6.20 Å². The Hall–Kier alpha value is -1.63. The van der Waals surface area contributed by atoms with E-state index in [2.05, 4.69) is 10.3 Å². The number of anilines is 1. The molecule has 0 saturated heterocycles. The molecule has 2 N–H and O–H groups in total. The summed E-state index contributed by atoms with van der Waals surface area (Å²) >= 11 is 1.05. The number of carbonyl (C=O) groups is 2. The van der Waals surface area contributed by atoms with Gasteiger partial charge in [-0.15, -0.1) is 0 Å². The van der Waals surface area contributed by atoms with E-state index in [4.69, 9.17) is 5.11 Å². The first kappa shape index (κ1) is 12.4. The summed E-state index contributed by atoms with van der Waals surface area (Å²) < 4.78 is 0. The monoisotopic (exact) mass is 243 g/mol. The van der Waals surface area contributed by atoms with E-state index in [1.165, 1.54) is 11.1 Å². The number of rotatable bonds is 5. The summed E-state index contributed by atoms with van der Waals surface area (Å²) in [6.07, 6.45) is 1.65. The SMILES string of the molecule is CN(C)C(=O)CCNc1ncc(C(=O)O)s1. The number of hydrogen-bond donors (Lipinski definition) is 2. The van der Waals surface area contributed by atoms with Gasteiger partial charge in [0.1, 0.15) is 4.88 Å². The van der Waals surface area contributed by atoms with E-state index in [1.807, 2.05) is 0 Å². The Bertz CT molecular complexity index is 389. The molecule has 1 amide bonds. The molecule has 0 spiro atoms. The van der Waals surface area contributed by atoms with Crippen molar-refractivity contribution in [1.82, 2.24) is 9.88 Å². The normalized spacial score (nSPS) is 9.88. The van der Waals surface area contributed by atoms with Gasteiger partial charge in [0.05, 0.1) is 6.20 Å². The minimum atomic E-state index is -0.991. The molecule has 1 rings (SSSR count). The number of aromatic nitrogens is 1. The lowest BCUT2D eigenvalue weighted by Crippen LogP contribution is -2.23. The molecule has 0 aliphatic heterocycles. The van der Waals surface area contributed by atoms with E-state index in [-0.39, 0.29) is 10.8 Å². The number of thiazole rings is 1. The second-order valence-corrected chi connectivity index (χ2v) is 4.33. The molecule has 0 fully saturated rings. The van der Waals surface area contributed by atoms with E-state index in [9.17, 15) is 9.59 Å². The minimum Gasteiger partial charge on any atom is -0.477 e. The standard InChI is InChI=1S/C9H13N3O3S/c1-12(2)7(13)3-4-10-9-11-5-6(16-9)8(14)15/h5H,3-4H2,1-2H3,(H,10,11)(H,14,15). The smallest absolute Gasteiger partial charge is 0.347 e. The Morgan fingerprint density at radius 3 is 2.75 bits per heavy atom. The quantitative estimate of drug-likeness (QED) is 0.796. The molecule has 88 valence electrons. The lowest BCUT2D eigenvalue weighted by Gasteiger charge is -2.09. The van der Waals surface area contributed by atoms with Gasteiger partial charge in [-0.1, -0.05) is 11.3 Å². The Morgan fingerprint density at radius 2 is 2.25 bits per heavy atom. The summed E-state index contributed by atoms with van der Waals surface area (Å²) in [5.74, 6) is -0.975. The average molecular weight is 243 g/mol. The van der Waals surface area contributed by atoms with Crippen molar-refractivity contribution in [3.05, 3.63) is 11.1 Å². The van der Waals surface area contributed by atoms with Crippen LogP contribution in [0.2, 0.25) is 0 Å². The molecule has 7 heteroatoms. The fourth-order valence-corrected chi connectivity index (χ4v) is 1.64. The molecule has 0 atom stereocenters. The van der Waals surface area contributed by atoms with Crippen molar-refractivity contribution in [1.29, 1.82) is 0 Å². The molecule has 0 saturated carbocycles. The molecular formula is C9H13N3O3S. The zero-order chi connectivity index (χ0) is 12.1. The van der Waals surface area contributed by atoms with Gasteiger partial charge >= 0.3 is 5.97 Å². The summed E-state index contributed by atoms with van der Waals surface area (Å²) in [6, 6.07) is 0. The Kier molecular flexibility index (Phi) is 4.24. The number of carboxylic acids is 1. The van der Waals surface area contributed by atoms with Crippen LogP contribution in [0.1, 0.15) is 16.1 Å². The van der Waals surface area contributed by atoms with Crippen LogP contribution in [0, 0.1) is 0 Å². The first-order valence-corrected chi connectivity index (χ1v) is 5.45. The number of nitrogens with zero attached hydrogens (tertiary/aromatic N) is 2. The van der Waals surface area contributed by atoms with E-state index in [0.717, 1.165) is 11.3 Å². The molecule has 0 aromatic carbocycles. The van der Waals surface area contributed by atoms with Crippen molar-refractivity contribution in [2.24, 2.45) is 0 Å². The fourth-order valence-electron chi connectivity index (χ4n) is 0.955. The Morgan fingerprint density at radius 1 is 1.56 bits per heavy atom. The van der Waals surface area contributed by atoms with Crippen LogP contribution >= 0.6 is 11.3 Å². The van der Waals surface area contributed by atoms with Gasteiger partial charge in [0.15, 0.2) is 5.13 Å². The average Bonchev–Trinajstić information content (AvgIpc) is 2.66. The van der Waals surface area contributed by atoms with Crippen LogP contribution in [-0.2, 0) is 4.79 Å². The second kappa shape index (κ2) is 5.45. The van der Waals surface area contributed by atoms with Crippen LogP contribution < -0.4 is 5.32 Å². The molecule has 0 aliphatic carbocycles. The number of nitrogens with one attached hydrogen (secondary N) is 1. The highest BCUT2D eigenvalue weighted by Crippen LogP contribution is 2.17. The predicted octanol–water partition coefficient (Wildman–Crippen LogP) is 0.731. The number of aromatic carboxylic acids is 1. The van der Waals surface area contributed by atoms with E-state index >= 15 is 0 Å². The maximum atomic E-state index is 11.2. The molecule has 16 heavy (non-hydrogen) atoms. The van der Waals surface area contributed by atoms with Gasteiger partial charge in [0.25, 0.3) is 0 Å². The highest BCUT2D eigenvalue weighted by atomic mass is 32.1. The highest BCUT2D eigenvalue weighted by molar-refractivity contribution is 7.17. The van der Waals surface area contributed by atoms with Crippen molar-refractivity contribution >= 4 is 28.3 Å². The van der Waals surface area contributed by atoms with Crippen LogP contribution in [-0.4, -0.2) is 47.5 Å². The summed E-state index contributed by atoms with van der Waals surface area (Å²) in [5.41, 5.74) is 0. The van der Waals surface area contributed by atoms with Crippen molar-refractivity contribution in [2.45, 2.75) is 6.42 Å². The highest BCUT2D eigenvalue weighted by Gasteiger charge is 2.08. The Balaban J connectivity index is 2.37. The molecule has 0 radical (unpaired) electrons. The van der Waals surface area contributed by atoms with Gasteiger partial charge < -0.3 is 15.3 Å². The summed E-state index contributed by atoms with van der Waals surface area (Å²) in [7, 11) is 3.38. The third-order valence-electron chi connectivity index (χ3n) is 1.83. The lowest BCUT2D eigenvalue weighted by molar-refractivity contribution is -0.128. The molecule has 0 bridgehead atoms. The molecular weight excluding hydrogens is 230 g/mol. The zero-order valence-corrected chi connectivity index (χ0v) is 9.87. The molecule has 6 nitrogen and oxygen atoms in total. The third kappa shape index (κ3) is 3.50. The molecule has 1 aromatic rings. The van der Waals surface area contributed by atoms with Gasteiger partial charge in [0.2, 0.25) is 5.91 Å². The number of carbonyl (C=O) groups excluding carboxylic acids is 1. The first-order chi connectivity index (χ1) is 7.50. The van der Waals surface area contributed by atoms with Gasteiger partial charge in [-0.3, -0.25) is 4.79 Å². The zero-order valence-electron chi connectivity index (χ0n) is 9.06. The maximum absolute atomic E-state index is 11.2. The van der Waals surface area contributed by atoms with E-state index in [1.54, 1.807) is 14.1 Å². The summed E-state index contributed by atoms with van der Waals surface area (Å²) in [4.78, 5) is 27.4. The van der Waals surface area contributed by atoms with Crippen LogP contribution in [0.4, 0.5) is 5.13 Å². The topological polar surface area (TPSA) is 82.5 Å². The summed E-state index contributed by atoms with van der Waals surface area (Å²) in [6.45, 7) is 0.448. The number of amides is 1. The Labute approximate surface area is 96.9 Å². The first-order valence-electron chi connectivity index (χ1n) is 4.64. The summed E-state index contributed by atoms with van der Waals surface area (Å²) in [5, 5.41) is 12.1.